The van der Waals surface area contributed by atoms with Gasteiger partial charge in [0, 0.05) is 17.5 Å². The topological polar surface area (TPSA) is 118 Å². The first-order valence-corrected chi connectivity index (χ1v) is 13.9. The minimum absolute atomic E-state index is 0.0191. The fraction of sp³-hybridized carbons (Fsp3) is 0.633. The molecule has 1 aromatic rings. The predicted octanol–water partition coefficient (Wildman–Crippen LogP) is 5.61. The lowest BCUT2D eigenvalue weighted by atomic mass is 9.34. The molecule has 8 atom stereocenters. The lowest BCUT2D eigenvalue weighted by molar-refractivity contribution is -0.384. The number of hydrogen-bond donors (Lipinski definition) is 1. The minimum Gasteiger partial charge on any atom is -0.481 e. The van der Waals surface area contributed by atoms with Gasteiger partial charge in [-0.2, -0.15) is 0 Å². The molecule has 3 saturated carbocycles. The number of benzene rings is 1. The number of fused-ring (bicyclic) bond motifs is 1. The van der Waals surface area contributed by atoms with Crippen molar-refractivity contribution >= 4 is 29.2 Å². The third-order valence-corrected chi connectivity index (χ3v) is 11.5. The Balaban J connectivity index is 1.48. The Bertz CT molecular complexity index is 1300. The summed E-state index contributed by atoms with van der Waals surface area (Å²) in [4.78, 5) is 53.0. The van der Waals surface area contributed by atoms with Crippen molar-refractivity contribution in [2.24, 2.45) is 51.8 Å². The molecule has 1 spiro atoms. The molecule has 1 N–H and O–H groups in total. The number of amides is 2. The second-order valence-electron chi connectivity index (χ2n) is 13.3. The number of anilines is 1. The fourth-order valence-corrected chi connectivity index (χ4v) is 9.96. The number of non-ortho nitro benzene ring substituents is 1. The highest BCUT2D eigenvalue weighted by molar-refractivity contribution is 6.23. The molecule has 0 aromatic heterocycles. The number of carbonyl (C=O) groups is 3. The van der Waals surface area contributed by atoms with Gasteiger partial charge in [-0.3, -0.25) is 24.5 Å². The van der Waals surface area contributed by atoms with Crippen LogP contribution in [-0.4, -0.2) is 27.8 Å². The van der Waals surface area contributed by atoms with Gasteiger partial charge >= 0.3 is 5.97 Å². The van der Waals surface area contributed by atoms with Crippen molar-refractivity contribution in [3.63, 3.8) is 0 Å². The van der Waals surface area contributed by atoms with Gasteiger partial charge in [-0.1, -0.05) is 44.9 Å². The molecule has 1 aliphatic heterocycles. The highest BCUT2D eigenvalue weighted by atomic mass is 16.6. The molecule has 8 heteroatoms. The number of allylic oxidation sites excluding steroid dienone is 2. The molecule has 2 bridgehead atoms. The van der Waals surface area contributed by atoms with Gasteiger partial charge in [0.1, 0.15) is 0 Å². The van der Waals surface area contributed by atoms with Crippen LogP contribution in [0.2, 0.25) is 0 Å². The van der Waals surface area contributed by atoms with Crippen molar-refractivity contribution in [3.05, 3.63) is 46.0 Å². The van der Waals surface area contributed by atoms with Crippen LogP contribution in [0.25, 0.3) is 0 Å². The quantitative estimate of drug-likeness (QED) is 0.239. The molecule has 4 fully saturated rings. The van der Waals surface area contributed by atoms with Crippen molar-refractivity contribution in [1.82, 2.24) is 0 Å². The van der Waals surface area contributed by atoms with Crippen LogP contribution < -0.4 is 4.90 Å². The van der Waals surface area contributed by atoms with Crippen molar-refractivity contribution in [2.75, 3.05) is 4.90 Å². The first kappa shape index (κ1) is 25.3. The maximum atomic E-state index is 14.3. The number of aliphatic carboxylic acids is 1. The summed E-state index contributed by atoms with van der Waals surface area (Å²) in [5.41, 5.74) is -0.195. The van der Waals surface area contributed by atoms with E-state index in [0.29, 0.717) is 19.3 Å². The molecular weight excluding hydrogens is 484 g/mol. The monoisotopic (exact) mass is 520 g/mol. The number of carboxylic acid groups (broad SMARTS) is 1. The van der Waals surface area contributed by atoms with Gasteiger partial charge in [0.2, 0.25) is 11.8 Å². The largest absolute Gasteiger partial charge is 0.481 e. The van der Waals surface area contributed by atoms with Crippen LogP contribution in [0.1, 0.15) is 66.2 Å². The zero-order chi connectivity index (χ0) is 27.4. The zero-order valence-corrected chi connectivity index (χ0v) is 22.5. The van der Waals surface area contributed by atoms with Crippen LogP contribution in [0.5, 0.6) is 0 Å². The number of nitro groups is 1. The summed E-state index contributed by atoms with van der Waals surface area (Å²) < 4.78 is 0. The summed E-state index contributed by atoms with van der Waals surface area (Å²) in [5.74, 6) is -1.95. The van der Waals surface area contributed by atoms with Crippen LogP contribution in [0.15, 0.2) is 35.9 Å². The number of hydrogen-bond acceptors (Lipinski definition) is 5. The van der Waals surface area contributed by atoms with E-state index in [-0.39, 0.29) is 52.3 Å². The molecule has 2 amide bonds. The summed E-state index contributed by atoms with van der Waals surface area (Å²) in [6.07, 6.45) is 6.97. The van der Waals surface area contributed by atoms with Gasteiger partial charge in [-0.05, 0) is 74.2 Å². The Kier molecular flexibility index (Phi) is 5.31. The van der Waals surface area contributed by atoms with Crippen molar-refractivity contribution < 1.29 is 24.4 Å². The van der Waals surface area contributed by atoms with Gasteiger partial charge in [0.25, 0.3) is 5.69 Å². The average Bonchev–Trinajstić information content (AvgIpc) is 3.15. The number of carbonyl (C=O) groups excluding carboxylic acids is 2. The van der Waals surface area contributed by atoms with Gasteiger partial charge in [-0.15, -0.1) is 0 Å². The highest BCUT2D eigenvalue weighted by Gasteiger charge is 2.73. The van der Waals surface area contributed by atoms with E-state index in [9.17, 15) is 29.6 Å². The van der Waals surface area contributed by atoms with E-state index in [0.717, 1.165) is 19.3 Å². The number of carboxylic acids is 1. The molecule has 38 heavy (non-hydrogen) atoms. The Morgan fingerprint density at radius 3 is 2.53 bits per heavy atom. The molecule has 8 nitrogen and oxygen atoms in total. The second-order valence-corrected chi connectivity index (χ2v) is 13.3. The van der Waals surface area contributed by atoms with Gasteiger partial charge in [0.05, 0.1) is 27.9 Å². The standard InChI is InChI=1S/C30H36N2O6/c1-16(2)20-15-30-12-9-21-28(3,10-6-11-29(21,4)27(35)36)22(30)14-19(20)23-24(30)26(34)31(25(23)33)17-7-5-8-18(13-17)32(37)38/h5,7-8,13,15-16,19,21-24H,6,9-12,14H2,1-4H3,(H,35,36)/t19-,21-,22-,23+,24+,28-,29+,30-/m0/s1. The maximum Gasteiger partial charge on any atom is 0.309 e. The van der Waals surface area contributed by atoms with E-state index < -0.39 is 33.6 Å². The Morgan fingerprint density at radius 1 is 1.13 bits per heavy atom. The summed E-state index contributed by atoms with van der Waals surface area (Å²) in [7, 11) is 0. The van der Waals surface area contributed by atoms with E-state index in [1.165, 1.54) is 28.7 Å². The van der Waals surface area contributed by atoms with Crippen molar-refractivity contribution in [3.8, 4) is 0 Å². The molecule has 1 saturated heterocycles. The van der Waals surface area contributed by atoms with E-state index >= 15 is 0 Å². The predicted molar refractivity (Wildman–Crippen MR) is 140 cm³/mol. The normalized spacial score (nSPS) is 41.4. The van der Waals surface area contributed by atoms with Crippen molar-refractivity contribution in [2.45, 2.75) is 66.2 Å². The Labute approximate surface area is 222 Å². The smallest absolute Gasteiger partial charge is 0.309 e. The molecule has 7 rings (SSSR count). The van der Waals surface area contributed by atoms with Crippen LogP contribution in [-0.2, 0) is 14.4 Å². The first-order chi connectivity index (χ1) is 17.9. The van der Waals surface area contributed by atoms with Crippen LogP contribution in [0, 0.1) is 61.9 Å². The summed E-state index contributed by atoms with van der Waals surface area (Å²) in [5, 5.41) is 21.7. The molecule has 1 heterocycles. The molecular formula is C30H36N2O6. The third kappa shape index (κ3) is 3.00. The van der Waals surface area contributed by atoms with Crippen LogP contribution in [0.3, 0.4) is 0 Å². The molecule has 0 unspecified atom stereocenters. The third-order valence-electron chi connectivity index (χ3n) is 11.5. The highest BCUT2D eigenvalue weighted by Crippen LogP contribution is 2.74. The number of rotatable bonds is 4. The van der Waals surface area contributed by atoms with Crippen molar-refractivity contribution in [1.29, 1.82) is 0 Å². The molecule has 5 aliphatic carbocycles. The second kappa shape index (κ2) is 7.99. The number of nitrogens with zero attached hydrogens (tertiary/aromatic N) is 2. The fourth-order valence-electron chi connectivity index (χ4n) is 9.96. The SMILES string of the molecule is CC(C)C1=C[C@@]23CC[C@H]4[C@](C)(CCC[C@@]4(C)C(=O)O)[C@@H]2C[C@@H]1[C@H]1C(=O)N(c2cccc([N+](=O)[O-])c2)C(=O)[C@@H]13. The molecule has 6 aliphatic rings. The minimum atomic E-state index is -0.792. The number of nitro benzene ring substituents is 1. The van der Waals surface area contributed by atoms with E-state index in [1.807, 2.05) is 6.92 Å². The Morgan fingerprint density at radius 2 is 1.87 bits per heavy atom. The summed E-state index contributed by atoms with van der Waals surface area (Å²) in [6.45, 7) is 8.44. The lowest BCUT2D eigenvalue weighted by Gasteiger charge is -2.68. The maximum absolute atomic E-state index is 14.3. The Hall–Kier alpha value is -3.03. The average molecular weight is 521 g/mol. The molecule has 202 valence electrons. The van der Waals surface area contributed by atoms with E-state index in [2.05, 4.69) is 26.8 Å². The summed E-state index contributed by atoms with van der Waals surface area (Å²) >= 11 is 0. The van der Waals surface area contributed by atoms with Crippen LogP contribution >= 0.6 is 0 Å². The van der Waals surface area contributed by atoms with Gasteiger partial charge < -0.3 is 5.11 Å². The molecule has 0 radical (unpaired) electrons. The van der Waals surface area contributed by atoms with Gasteiger partial charge in [0.15, 0.2) is 0 Å². The first-order valence-electron chi connectivity index (χ1n) is 13.9. The number of imide groups is 1. The molecule has 1 aromatic carbocycles. The summed E-state index contributed by atoms with van der Waals surface area (Å²) in [6, 6.07) is 5.80. The van der Waals surface area contributed by atoms with Gasteiger partial charge in [-0.25, -0.2) is 4.90 Å². The van der Waals surface area contributed by atoms with E-state index in [4.69, 9.17) is 0 Å². The van der Waals surface area contributed by atoms with Crippen LogP contribution in [0.4, 0.5) is 11.4 Å². The van der Waals surface area contributed by atoms with E-state index in [1.54, 1.807) is 6.07 Å². The lowest BCUT2D eigenvalue weighted by Crippen LogP contribution is -2.65. The zero-order valence-electron chi connectivity index (χ0n) is 22.5.